The fourth-order valence-corrected chi connectivity index (χ4v) is 1.89. The second-order valence-corrected chi connectivity index (χ2v) is 4.78. The molecule has 1 heterocycles. The van der Waals surface area contributed by atoms with Crippen LogP contribution in [-0.4, -0.2) is 13.2 Å². The fraction of sp³-hybridized carbons (Fsp3) is 0.333. The summed E-state index contributed by atoms with van der Waals surface area (Å²) in [4.78, 5) is 0. The molecule has 1 aliphatic heterocycles. The third-order valence-electron chi connectivity index (χ3n) is 2.40. The first-order valence-electron chi connectivity index (χ1n) is 5.04. The Bertz CT molecular complexity index is 376. The molecule has 3 heteroatoms. The number of hydrogen-bond donors (Lipinski definition) is 1. The molecule has 1 aliphatic rings. The molecule has 2 rings (SSSR count). The lowest BCUT2D eigenvalue weighted by atomic mass is 10.1. The van der Waals surface area contributed by atoms with Gasteiger partial charge in [-0.05, 0) is 17.2 Å². The zero-order valence-electron chi connectivity index (χ0n) is 8.55. The van der Waals surface area contributed by atoms with Crippen LogP contribution >= 0.6 is 15.9 Å². The summed E-state index contributed by atoms with van der Waals surface area (Å²) in [6, 6.07) is 6.38. The van der Waals surface area contributed by atoms with Crippen LogP contribution in [0, 0.1) is 0 Å². The van der Waals surface area contributed by atoms with Gasteiger partial charge >= 0.3 is 0 Å². The Morgan fingerprint density at radius 2 is 2.40 bits per heavy atom. The van der Waals surface area contributed by atoms with Crippen molar-refractivity contribution in [3.63, 3.8) is 0 Å². The Labute approximate surface area is 98.5 Å². The summed E-state index contributed by atoms with van der Waals surface area (Å²) in [6.07, 6.45) is 1.04. The van der Waals surface area contributed by atoms with Gasteiger partial charge in [0.2, 0.25) is 0 Å². The van der Waals surface area contributed by atoms with Crippen LogP contribution in [-0.2, 0) is 13.0 Å². The third-order valence-corrected chi connectivity index (χ3v) is 2.68. The van der Waals surface area contributed by atoms with Crippen molar-refractivity contribution in [3.8, 4) is 5.75 Å². The van der Waals surface area contributed by atoms with E-state index in [0.29, 0.717) is 0 Å². The van der Waals surface area contributed by atoms with Crippen molar-refractivity contribution in [2.75, 3.05) is 13.2 Å². The highest BCUT2D eigenvalue weighted by atomic mass is 79.9. The molecule has 0 aliphatic carbocycles. The number of benzene rings is 1. The van der Waals surface area contributed by atoms with Gasteiger partial charge in [0.25, 0.3) is 0 Å². The van der Waals surface area contributed by atoms with E-state index in [-0.39, 0.29) is 0 Å². The van der Waals surface area contributed by atoms with Gasteiger partial charge in [-0.2, -0.15) is 0 Å². The zero-order chi connectivity index (χ0) is 10.7. The van der Waals surface area contributed by atoms with E-state index >= 15 is 0 Å². The van der Waals surface area contributed by atoms with E-state index in [0.717, 1.165) is 36.3 Å². The SMILES string of the molecule is C=C(Br)CNCc1ccc2c(c1)CCO2. The molecule has 80 valence electrons. The number of halogens is 1. The van der Waals surface area contributed by atoms with Crippen molar-refractivity contribution in [1.29, 1.82) is 0 Å². The summed E-state index contributed by atoms with van der Waals surface area (Å²) in [5.74, 6) is 1.05. The van der Waals surface area contributed by atoms with Crippen LogP contribution in [0.2, 0.25) is 0 Å². The summed E-state index contributed by atoms with van der Waals surface area (Å²) in [5, 5.41) is 3.31. The van der Waals surface area contributed by atoms with E-state index in [1.807, 2.05) is 0 Å². The highest BCUT2D eigenvalue weighted by Crippen LogP contribution is 2.25. The number of rotatable bonds is 4. The minimum absolute atomic E-state index is 0.799. The summed E-state index contributed by atoms with van der Waals surface area (Å²) in [5.41, 5.74) is 2.62. The first-order chi connectivity index (χ1) is 7.25. The molecule has 1 N–H and O–H groups in total. The molecule has 0 radical (unpaired) electrons. The summed E-state index contributed by atoms with van der Waals surface area (Å²) >= 11 is 3.32. The second-order valence-electron chi connectivity index (χ2n) is 3.66. The monoisotopic (exact) mass is 267 g/mol. The van der Waals surface area contributed by atoms with Gasteiger partial charge in [-0.3, -0.25) is 0 Å². The first-order valence-corrected chi connectivity index (χ1v) is 5.83. The molecule has 15 heavy (non-hydrogen) atoms. The number of ether oxygens (including phenoxy) is 1. The average Bonchev–Trinajstić information content (AvgIpc) is 2.64. The lowest BCUT2D eigenvalue weighted by Gasteiger charge is -2.05. The molecule has 0 spiro atoms. The van der Waals surface area contributed by atoms with E-state index in [4.69, 9.17) is 4.74 Å². The van der Waals surface area contributed by atoms with Gasteiger partial charge in [0, 0.05) is 24.0 Å². The molecule has 0 saturated heterocycles. The third kappa shape index (κ3) is 2.83. The predicted octanol–water partition coefficient (Wildman–Crippen LogP) is 2.62. The molecule has 2 nitrogen and oxygen atoms in total. The smallest absolute Gasteiger partial charge is 0.122 e. The second kappa shape index (κ2) is 4.81. The number of nitrogens with one attached hydrogen (secondary N) is 1. The Morgan fingerprint density at radius 1 is 1.53 bits per heavy atom. The van der Waals surface area contributed by atoms with Crippen LogP contribution in [0.1, 0.15) is 11.1 Å². The molecule has 0 fully saturated rings. The Kier molecular flexibility index (Phi) is 3.44. The highest BCUT2D eigenvalue weighted by molar-refractivity contribution is 9.11. The summed E-state index contributed by atoms with van der Waals surface area (Å²) < 4.78 is 6.43. The molecule has 0 unspecified atom stereocenters. The van der Waals surface area contributed by atoms with Crippen molar-refractivity contribution in [2.24, 2.45) is 0 Å². The van der Waals surface area contributed by atoms with Gasteiger partial charge in [-0.15, -0.1) is 0 Å². The van der Waals surface area contributed by atoms with Crippen LogP contribution in [0.3, 0.4) is 0 Å². The fourth-order valence-electron chi connectivity index (χ4n) is 1.69. The molecule has 0 atom stereocenters. The molecule has 1 aromatic carbocycles. The Balaban J connectivity index is 1.95. The molecule has 0 bridgehead atoms. The van der Waals surface area contributed by atoms with Crippen molar-refractivity contribution >= 4 is 15.9 Å². The molecule has 0 aromatic heterocycles. The van der Waals surface area contributed by atoms with Gasteiger partial charge in [0.1, 0.15) is 5.75 Å². The summed E-state index contributed by atoms with van der Waals surface area (Å²) in [6.45, 7) is 6.27. The van der Waals surface area contributed by atoms with Gasteiger partial charge in [0.05, 0.1) is 6.61 Å². The van der Waals surface area contributed by atoms with Crippen LogP contribution < -0.4 is 10.1 Å². The maximum Gasteiger partial charge on any atom is 0.122 e. The van der Waals surface area contributed by atoms with Gasteiger partial charge in [-0.25, -0.2) is 0 Å². The quantitative estimate of drug-likeness (QED) is 0.906. The minimum Gasteiger partial charge on any atom is -0.493 e. The van der Waals surface area contributed by atoms with Gasteiger partial charge in [0.15, 0.2) is 0 Å². The maximum atomic E-state index is 5.45. The normalized spacial score (nSPS) is 13.4. The van der Waals surface area contributed by atoms with E-state index in [1.165, 1.54) is 11.1 Å². The molecule has 0 saturated carbocycles. The van der Waals surface area contributed by atoms with E-state index in [1.54, 1.807) is 0 Å². The number of hydrogen-bond acceptors (Lipinski definition) is 2. The molecular weight excluding hydrogens is 254 g/mol. The lowest BCUT2D eigenvalue weighted by molar-refractivity contribution is 0.357. The van der Waals surface area contributed by atoms with Crippen molar-refractivity contribution < 1.29 is 4.74 Å². The van der Waals surface area contributed by atoms with E-state index in [9.17, 15) is 0 Å². The predicted molar refractivity (Wildman–Crippen MR) is 65.4 cm³/mol. The van der Waals surface area contributed by atoms with Crippen LogP contribution in [0.4, 0.5) is 0 Å². The summed E-state index contributed by atoms with van der Waals surface area (Å²) in [7, 11) is 0. The topological polar surface area (TPSA) is 21.3 Å². The minimum atomic E-state index is 0.799. The van der Waals surface area contributed by atoms with Crippen LogP contribution in [0.5, 0.6) is 5.75 Å². The maximum absolute atomic E-state index is 5.45. The van der Waals surface area contributed by atoms with Crippen molar-refractivity contribution in [1.82, 2.24) is 5.32 Å². The lowest BCUT2D eigenvalue weighted by Crippen LogP contribution is -2.14. The molecule has 0 amide bonds. The Hall–Kier alpha value is -0.800. The largest absolute Gasteiger partial charge is 0.493 e. The van der Waals surface area contributed by atoms with Crippen LogP contribution in [0.15, 0.2) is 29.3 Å². The van der Waals surface area contributed by atoms with Crippen molar-refractivity contribution in [2.45, 2.75) is 13.0 Å². The number of fused-ring (bicyclic) bond motifs is 1. The van der Waals surface area contributed by atoms with Crippen LogP contribution in [0.25, 0.3) is 0 Å². The molecule has 1 aromatic rings. The zero-order valence-corrected chi connectivity index (χ0v) is 10.1. The highest BCUT2D eigenvalue weighted by Gasteiger charge is 2.11. The van der Waals surface area contributed by atoms with Gasteiger partial charge in [-0.1, -0.05) is 34.6 Å². The first kappa shape index (κ1) is 10.7. The average molecular weight is 268 g/mol. The van der Waals surface area contributed by atoms with E-state index < -0.39 is 0 Å². The van der Waals surface area contributed by atoms with Crippen molar-refractivity contribution in [3.05, 3.63) is 40.4 Å². The van der Waals surface area contributed by atoms with E-state index in [2.05, 4.69) is 46.0 Å². The standard InChI is InChI=1S/C12H14BrNO/c1-9(13)7-14-8-10-2-3-12-11(6-10)4-5-15-12/h2-3,6,14H,1,4-5,7-8H2. The Morgan fingerprint density at radius 3 is 3.20 bits per heavy atom. The molecular formula is C12H14BrNO. The van der Waals surface area contributed by atoms with Gasteiger partial charge < -0.3 is 10.1 Å².